The van der Waals surface area contributed by atoms with Gasteiger partial charge in [-0.15, -0.1) is 0 Å². The number of carbonyl (C=O) groups excluding carboxylic acids is 2. The first-order valence-corrected chi connectivity index (χ1v) is 7.43. The second kappa shape index (κ2) is 9.24. The zero-order chi connectivity index (χ0) is 16.3. The average molecular weight is 316 g/mol. The van der Waals surface area contributed by atoms with E-state index in [-0.39, 0.29) is 25.0 Å². The highest BCUT2D eigenvalue weighted by molar-refractivity contribution is 5.85. The van der Waals surface area contributed by atoms with Gasteiger partial charge in [0.1, 0.15) is 5.75 Å². The molecule has 2 rings (SSSR count). The second-order valence-electron chi connectivity index (χ2n) is 4.85. The SMILES string of the molecule is O=C(CNC(=O)COc1ccccc1)NCCCn1cccn1. The number of benzene rings is 1. The highest BCUT2D eigenvalue weighted by atomic mass is 16.5. The second-order valence-corrected chi connectivity index (χ2v) is 4.85. The first-order chi connectivity index (χ1) is 11.2. The van der Waals surface area contributed by atoms with Crippen LogP contribution in [0.25, 0.3) is 0 Å². The molecule has 0 unspecified atom stereocenters. The van der Waals surface area contributed by atoms with Gasteiger partial charge < -0.3 is 15.4 Å². The summed E-state index contributed by atoms with van der Waals surface area (Å²) < 4.78 is 7.09. The Morgan fingerprint density at radius 3 is 2.65 bits per heavy atom. The monoisotopic (exact) mass is 316 g/mol. The molecule has 0 aliphatic carbocycles. The van der Waals surface area contributed by atoms with Gasteiger partial charge in [-0.05, 0) is 24.6 Å². The van der Waals surface area contributed by atoms with Crippen LogP contribution in [0.2, 0.25) is 0 Å². The van der Waals surface area contributed by atoms with Gasteiger partial charge in [-0.1, -0.05) is 18.2 Å². The molecule has 0 fully saturated rings. The average Bonchev–Trinajstić information content (AvgIpc) is 3.09. The summed E-state index contributed by atoms with van der Waals surface area (Å²) in [5.41, 5.74) is 0. The first-order valence-electron chi connectivity index (χ1n) is 7.43. The topological polar surface area (TPSA) is 85.3 Å². The standard InChI is InChI=1S/C16H20N4O3/c21-15(17-8-4-10-20-11-5-9-19-20)12-18-16(22)13-23-14-6-2-1-3-7-14/h1-3,5-7,9,11H,4,8,10,12-13H2,(H,17,21)(H,18,22). The lowest BCUT2D eigenvalue weighted by atomic mass is 10.3. The molecule has 122 valence electrons. The van der Waals surface area contributed by atoms with E-state index < -0.39 is 0 Å². The Labute approximate surface area is 134 Å². The van der Waals surface area contributed by atoms with Crippen LogP contribution in [0.1, 0.15) is 6.42 Å². The van der Waals surface area contributed by atoms with Crippen LogP contribution in [0.4, 0.5) is 0 Å². The number of aromatic nitrogens is 2. The minimum Gasteiger partial charge on any atom is -0.484 e. The van der Waals surface area contributed by atoms with Crippen LogP contribution in [0.3, 0.4) is 0 Å². The van der Waals surface area contributed by atoms with Gasteiger partial charge in [-0.25, -0.2) is 0 Å². The molecule has 7 heteroatoms. The summed E-state index contributed by atoms with van der Waals surface area (Å²) in [6.07, 6.45) is 4.36. The molecule has 0 atom stereocenters. The van der Waals surface area contributed by atoms with Crippen LogP contribution < -0.4 is 15.4 Å². The molecule has 0 spiro atoms. The van der Waals surface area contributed by atoms with Crippen LogP contribution >= 0.6 is 0 Å². The van der Waals surface area contributed by atoms with Crippen molar-refractivity contribution in [3.63, 3.8) is 0 Å². The smallest absolute Gasteiger partial charge is 0.258 e. The number of nitrogens with zero attached hydrogens (tertiary/aromatic N) is 2. The van der Waals surface area contributed by atoms with Crippen LogP contribution in [0, 0.1) is 0 Å². The van der Waals surface area contributed by atoms with E-state index in [4.69, 9.17) is 4.74 Å². The zero-order valence-electron chi connectivity index (χ0n) is 12.8. The number of ether oxygens (including phenoxy) is 1. The summed E-state index contributed by atoms with van der Waals surface area (Å²) in [6.45, 7) is 1.11. The Morgan fingerprint density at radius 1 is 1.09 bits per heavy atom. The van der Waals surface area contributed by atoms with Crippen molar-refractivity contribution < 1.29 is 14.3 Å². The van der Waals surface area contributed by atoms with Crippen molar-refractivity contribution in [1.29, 1.82) is 0 Å². The Balaban J connectivity index is 1.52. The van der Waals surface area contributed by atoms with E-state index in [2.05, 4.69) is 15.7 Å². The molecular formula is C16H20N4O3. The summed E-state index contributed by atoms with van der Waals surface area (Å²) in [5, 5.41) is 9.32. The van der Waals surface area contributed by atoms with Crippen molar-refractivity contribution in [3.05, 3.63) is 48.8 Å². The van der Waals surface area contributed by atoms with Gasteiger partial charge in [-0.3, -0.25) is 14.3 Å². The van der Waals surface area contributed by atoms with E-state index in [0.29, 0.717) is 12.3 Å². The summed E-state index contributed by atoms with van der Waals surface area (Å²) in [4.78, 5) is 23.2. The lowest BCUT2D eigenvalue weighted by Crippen LogP contribution is -2.39. The predicted molar refractivity (Wildman–Crippen MR) is 84.8 cm³/mol. The third kappa shape index (κ3) is 6.64. The highest BCUT2D eigenvalue weighted by Gasteiger charge is 2.06. The minimum absolute atomic E-state index is 0.0568. The maximum Gasteiger partial charge on any atom is 0.258 e. The number of aryl methyl sites for hydroxylation is 1. The maximum absolute atomic E-state index is 11.6. The minimum atomic E-state index is -0.333. The van der Waals surface area contributed by atoms with Crippen LogP contribution in [0.15, 0.2) is 48.8 Å². The fraction of sp³-hybridized carbons (Fsp3) is 0.312. The molecule has 0 radical (unpaired) electrons. The fourth-order valence-electron chi connectivity index (χ4n) is 1.86. The molecule has 7 nitrogen and oxygen atoms in total. The first kappa shape index (κ1) is 16.5. The number of hydrogen-bond donors (Lipinski definition) is 2. The van der Waals surface area contributed by atoms with Gasteiger partial charge in [0.05, 0.1) is 6.54 Å². The van der Waals surface area contributed by atoms with Crippen molar-refractivity contribution in [3.8, 4) is 5.75 Å². The van der Waals surface area contributed by atoms with E-state index in [1.165, 1.54) is 0 Å². The molecule has 1 heterocycles. The summed E-state index contributed by atoms with van der Waals surface area (Å²) in [6, 6.07) is 10.9. The number of carbonyl (C=O) groups is 2. The number of para-hydroxylation sites is 1. The lowest BCUT2D eigenvalue weighted by Gasteiger charge is -2.08. The van der Waals surface area contributed by atoms with Gasteiger partial charge in [0.25, 0.3) is 5.91 Å². The molecule has 0 aliphatic heterocycles. The van der Waals surface area contributed by atoms with Gasteiger partial charge in [-0.2, -0.15) is 5.10 Å². The molecule has 0 bridgehead atoms. The molecule has 0 aliphatic rings. The van der Waals surface area contributed by atoms with Crippen molar-refractivity contribution in [2.24, 2.45) is 0 Å². The van der Waals surface area contributed by atoms with E-state index in [9.17, 15) is 9.59 Å². The van der Waals surface area contributed by atoms with Crippen molar-refractivity contribution in [2.75, 3.05) is 19.7 Å². The summed E-state index contributed by atoms with van der Waals surface area (Å²) in [7, 11) is 0. The van der Waals surface area contributed by atoms with Gasteiger partial charge >= 0.3 is 0 Å². The maximum atomic E-state index is 11.6. The molecule has 2 amide bonds. The number of rotatable bonds is 9. The highest BCUT2D eigenvalue weighted by Crippen LogP contribution is 2.07. The molecule has 1 aromatic heterocycles. The Morgan fingerprint density at radius 2 is 1.91 bits per heavy atom. The third-order valence-corrected chi connectivity index (χ3v) is 3.00. The quantitative estimate of drug-likeness (QED) is 0.663. The Kier molecular flexibility index (Phi) is 6.65. The molecule has 0 saturated carbocycles. The van der Waals surface area contributed by atoms with Gasteiger partial charge in [0.15, 0.2) is 6.61 Å². The van der Waals surface area contributed by atoms with E-state index >= 15 is 0 Å². The normalized spacial score (nSPS) is 10.1. The summed E-state index contributed by atoms with van der Waals surface area (Å²) >= 11 is 0. The fourth-order valence-corrected chi connectivity index (χ4v) is 1.86. The van der Waals surface area contributed by atoms with E-state index in [1.807, 2.05) is 30.5 Å². The number of nitrogens with one attached hydrogen (secondary N) is 2. The van der Waals surface area contributed by atoms with Crippen molar-refractivity contribution in [1.82, 2.24) is 20.4 Å². The summed E-state index contributed by atoms with van der Waals surface area (Å²) in [5.74, 6) is 0.0600. The number of hydrogen-bond acceptors (Lipinski definition) is 4. The molecule has 2 N–H and O–H groups in total. The zero-order valence-corrected chi connectivity index (χ0v) is 12.8. The van der Waals surface area contributed by atoms with Crippen LogP contribution in [-0.4, -0.2) is 41.3 Å². The van der Waals surface area contributed by atoms with Crippen molar-refractivity contribution >= 4 is 11.8 Å². The molecule has 2 aromatic rings. The van der Waals surface area contributed by atoms with E-state index in [0.717, 1.165) is 13.0 Å². The van der Waals surface area contributed by atoms with Gasteiger partial charge in [0, 0.05) is 25.5 Å². The Bertz CT molecular complexity index is 599. The van der Waals surface area contributed by atoms with Gasteiger partial charge in [0.2, 0.25) is 5.91 Å². The largest absolute Gasteiger partial charge is 0.484 e. The van der Waals surface area contributed by atoms with Crippen LogP contribution in [0.5, 0.6) is 5.75 Å². The molecule has 23 heavy (non-hydrogen) atoms. The molecular weight excluding hydrogens is 296 g/mol. The Hall–Kier alpha value is -2.83. The van der Waals surface area contributed by atoms with E-state index in [1.54, 1.807) is 23.0 Å². The number of amides is 2. The molecule has 1 aromatic carbocycles. The van der Waals surface area contributed by atoms with Crippen LogP contribution in [-0.2, 0) is 16.1 Å². The molecule has 0 saturated heterocycles. The predicted octanol–water partition coefficient (Wildman–Crippen LogP) is 0.585. The van der Waals surface area contributed by atoms with Crippen molar-refractivity contribution in [2.45, 2.75) is 13.0 Å². The third-order valence-electron chi connectivity index (χ3n) is 3.00. The lowest BCUT2D eigenvalue weighted by molar-refractivity contribution is -0.127.